The maximum atomic E-state index is 13.4. The van der Waals surface area contributed by atoms with E-state index in [0.29, 0.717) is 29.4 Å². The van der Waals surface area contributed by atoms with Crippen molar-refractivity contribution >= 4 is 11.6 Å². The highest BCUT2D eigenvalue weighted by atomic mass is 19.1. The van der Waals surface area contributed by atoms with Crippen molar-refractivity contribution in [3.63, 3.8) is 0 Å². The Kier molecular flexibility index (Phi) is 6.26. The van der Waals surface area contributed by atoms with Crippen LogP contribution in [0.5, 0.6) is 11.6 Å². The van der Waals surface area contributed by atoms with Gasteiger partial charge in [-0.15, -0.1) is 0 Å². The van der Waals surface area contributed by atoms with E-state index in [9.17, 15) is 13.6 Å². The second kappa shape index (κ2) is 9.43. The van der Waals surface area contributed by atoms with Crippen molar-refractivity contribution in [2.75, 3.05) is 5.32 Å². The summed E-state index contributed by atoms with van der Waals surface area (Å²) in [6.07, 6.45) is 0.508. The molecule has 1 amide bonds. The Hall–Kier alpha value is -4.00. The predicted octanol–water partition coefficient (Wildman–Crippen LogP) is 5.82. The largest absolute Gasteiger partial charge is 0.439 e. The summed E-state index contributed by atoms with van der Waals surface area (Å²) in [7, 11) is 0. The van der Waals surface area contributed by atoms with Gasteiger partial charge in [0.1, 0.15) is 17.4 Å². The van der Waals surface area contributed by atoms with E-state index < -0.39 is 5.82 Å². The molecule has 4 aromatic rings. The number of nitrogens with zero attached hydrogens (tertiary/aromatic N) is 2. The van der Waals surface area contributed by atoms with Crippen molar-refractivity contribution in [2.45, 2.75) is 19.8 Å². The summed E-state index contributed by atoms with van der Waals surface area (Å²) in [6.45, 7) is 1.84. The molecule has 3 aromatic carbocycles. The van der Waals surface area contributed by atoms with Gasteiger partial charge in [0.15, 0.2) is 0 Å². The van der Waals surface area contributed by atoms with Gasteiger partial charge in [-0.2, -0.15) is 5.10 Å². The zero-order chi connectivity index (χ0) is 22.5. The van der Waals surface area contributed by atoms with Crippen LogP contribution in [0, 0.1) is 18.6 Å². The molecule has 32 heavy (non-hydrogen) atoms. The quantitative estimate of drug-likeness (QED) is 0.399. The Morgan fingerprint density at radius 2 is 1.72 bits per heavy atom. The first-order valence-electron chi connectivity index (χ1n) is 10.1. The Morgan fingerprint density at radius 3 is 2.44 bits per heavy atom. The van der Waals surface area contributed by atoms with Crippen LogP contribution in [0.15, 0.2) is 78.9 Å². The van der Waals surface area contributed by atoms with Crippen molar-refractivity contribution in [1.82, 2.24) is 9.78 Å². The maximum absolute atomic E-state index is 13.4. The van der Waals surface area contributed by atoms with Gasteiger partial charge in [-0.05, 0) is 67.9 Å². The minimum Gasteiger partial charge on any atom is -0.439 e. The molecule has 1 N–H and O–H groups in total. The van der Waals surface area contributed by atoms with Gasteiger partial charge >= 0.3 is 0 Å². The lowest BCUT2D eigenvalue weighted by Crippen LogP contribution is -2.12. The number of amides is 1. The average Bonchev–Trinajstić information content (AvgIpc) is 3.09. The van der Waals surface area contributed by atoms with E-state index >= 15 is 0 Å². The second-order valence-electron chi connectivity index (χ2n) is 7.23. The first-order chi connectivity index (χ1) is 15.5. The van der Waals surface area contributed by atoms with E-state index in [-0.39, 0.29) is 18.1 Å². The number of benzene rings is 3. The molecule has 5 nitrogen and oxygen atoms in total. The normalized spacial score (nSPS) is 10.7. The van der Waals surface area contributed by atoms with E-state index in [4.69, 9.17) is 4.74 Å². The molecule has 0 saturated heterocycles. The first-order valence-corrected chi connectivity index (χ1v) is 10.1. The Bertz CT molecular complexity index is 1220. The van der Waals surface area contributed by atoms with Gasteiger partial charge in [0.25, 0.3) is 0 Å². The van der Waals surface area contributed by atoms with Crippen LogP contribution in [0.25, 0.3) is 5.69 Å². The van der Waals surface area contributed by atoms with Gasteiger partial charge in [0, 0.05) is 17.7 Å². The van der Waals surface area contributed by atoms with Gasteiger partial charge in [0.05, 0.1) is 11.4 Å². The van der Waals surface area contributed by atoms with Crippen LogP contribution in [-0.2, 0) is 11.2 Å². The Labute approximate surface area is 184 Å². The predicted molar refractivity (Wildman–Crippen MR) is 118 cm³/mol. The summed E-state index contributed by atoms with van der Waals surface area (Å²) in [5, 5.41) is 7.30. The number of aryl methyl sites for hydroxylation is 1. The van der Waals surface area contributed by atoms with E-state index in [1.807, 2.05) is 37.3 Å². The highest BCUT2D eigenvalue weighted by Crippen LogP contribution is 2.31. The van der Waals surface area contributed by atoms with Crippen LogP contribution in [0.2, 0.25) is 0 Å². The highest BCUT2D eigenvalue weighted by Gasteiger charge is 2.20. The fraction of sp³-hybridized carbons (Fsp3) is 0.120. The lowest BCUT2D eigenvalue weighted by Gasteiger charge is -2.12. The topological polar surface area (TPSA) is 56.2 Å². The standard InChI is InChI=1S/C25H21F2N3O2/c1-17-23(14-15-24(31)28-20-7-5-6-19(27)16-20)25(32-22-12-10-18(26)11-13-22)30(29-17)21-8-3-2-4-9-21/h2-13,16H,14-15H2,1H3,(H,28,31). The number of aromatic nitrogens is 2. The van der Waals surface area contributed by atoms with Crippen LogP contribution >= 0.6 is 0 Å². The molecule has 0 unspecified atom stereocenters. The molecular weight excluding hydrogens is 412 g/mol. The third-order valence-electron chi connectivity index (χ3n) is 4.88. The van der Waals surface area contributed by atoms with Crippen molar-refractivity contribution < 1.29 is 18.3 Å². The zero-order valence-electron chi connectivity index (χ0n) is 17.4. The summed E-state index contributed by atoms with van der Waals surface area (Å²) in [6, 6.07) is 20.9. The number of halogens is 2. The highest BCUT2D eigenvalue weighted by molar-refractivity contribution is 5.90. The minimum absolute atomic E-state index is 0.150. The number of carbonyl (C=O) groups is 1. The summed E-state index contributed by atoms with van der Waals surface area (Å²) in [5.74, 6) is -0.125. The molecule has 0 aliphatic carbocycles. The van der Waals surface area contributed by atoms with Gasteiger partial charge in [-0.25, -0.2) is 13.5 Å². The molecule has 7 heteroatoms. The smallest absolute Gasteiger partial charge is 0.226 e. The molecular formula is C25H21F2N3O2. The third-order valence-corrected chi connectivity index (χ3v) is 4.88. The molecule has 0 saturated carbocycles. The van der Waals surface area contributed by atoms with Gasteiger partial charge < -0.3 is 10.1 Å². The number of hydrogen-bond donors (Lipinski definition) is 1. The molecule has 1 heterocycles. The number of carbonyl (C=O) groups excluding carboxylic acids is 1. The van der Waals surface area contributed by atoms with Crippen LogP contribution in [0.3, 0.4) is 0 Å². The van der Waals surface area contributed by atoms with Crippen LogP contribution in [0.4, 0.5) is 14.5 Å². The number of anilines is 1. The van der Waals surface area contributed by atoms with Gasteiger partial charge in [0.2, 0.25) is 11.8 Å². The van der Waals surface area contributed by atoms with Crippen LogP contribution < -0.4 is 10.1 Å². The second-order valence-corrected chi connectivity index (χ2v) is 7.23. The van der Waals surface area contributed by atoms with Crippen molar-refractivity contribution in [3.05, 3.63) is 102 Å². The average molecular weight is 433 g/mol. The molecule has 1 aromatic heterocycles. The summed E-state index contributed by atoms with van der Waals surface area (Å²) in [4.78, 5) is 12.4. The van der Waals surface area contributed by atoms with Gasteiger partial charge in [-0.1, -0.05) is 24.3 Å². The number of ether oxygens (including phenoxy) is 1. The summed E-state index contributed by atoms with van der Waals surface area (Å²) in [5.41, 5.74) is 2.66. The minimum atomic E-state index is -0.419. The summed E-state index contributed by atoms with van der Waals surface area (Å²) < 4.78 is 34.4. The van der Waals surface area contributed by atoms with Gasteiger partial charge in [-0.3, -0.25) is 4.79 Å². The third kappa shape index (κ3) is 5.00. The van der Waals surface area contributed by atoms with Crippen molar-refractivity contribution in [1.29, 1.82) is 0 Å². The van der Waals surface area contributed by atoms with E-state index in [2.05, 4.69) is 10.4 Å². The Morgan fingerprint density at radius 1 is 0.969 bits per heavy atom. The fourth-order valence-electron chi connectivity index (χ4n) is 3.32. The fourth-order valence-corrected chi connectivity index (χ4v) is 3.32. The molecule has 0 atom stereocenters. The van der Waals surface area contributed by atoms with Crippen LogP contribution in [-0.4, -0.2) is 15.7 Å². The lowest BCUT2D eigenvalue weighted by molar-refractivity contribution is -0.116. The molecule has 0 fully saturated rings. The molecule has 162 valence electrons. The maximum Gasteiger partial charge on any atom is 0.226 e. The number of rotatable bonds is 7. The number of para-hydroxylation sites is 1. The molecule has 0 aliphatic heterocycles. The molecule has 0 aliphatic rings. The number of nitrogens with one attached hydrogen (secondary N) is 1. The van der Waals surface area contributed by atoms with E-state index in [1.54, 1.807) is 10.7 Å². The monoisotopic (exact) mass is 433 g/mol. The molecule has 0 bridgehead atoms. The molecule has 0 spiro atoms. The Balaban J connectivity index is 1.59. The first kappa shape index (κ1) is 21.2. The SMILES string of the molecule is Cc1nn(-c2ccccc2)c(Oc2ccc(F)cc2)c1CCC(=O)Nc1cccc(F)c1. The zero-order valence-corrected chi connectivity index (χ0v) is 17.4. The van der Waals surface area contributed by atoms with Crippen LogP contribution in [0.1, 0.15) is 17.7 Å². The van der Waals surface area contributed by atoms with Crippen molar-refractivity contribution in [2.24, 2.45) is 0 Å². The van der Waals surface area contributed by atoms with E-state index in [1.165, 1.54) is 42.5 Å². The molecule has 0 radical (unpaired) electrons. The lowest BCUT2D eigenvalue weighted by atomic mass is 10.1. The van der Waals surface area contributed by atoms with Crippen molar-refractivity contribution in [3.8, 4) is 17.3 Å². The molecule has 4 rings (SSSR count). The summed E-state index contributed by atoms with van der Waals surface area (Å²) >= 11 is 0. The van der Waals surface area contributed by atoms with E-state index in [0.717, 1.165) is 11.3 Å². The number of hydrogen-bond acceptors (Lipinski definition) is 3.